The number of hydrogen-bond donors (Lipinski definition) is 0. The van der Waals surface area contributed by atoms with Crippen molar-refractivity contribution in [3.05, 3.63) is 103 Å². The lowest BCUT2D eigenvalue weighted by Crippen LogP contribution is -2.25. The number of rotatable bonds is 4. The molecule has 0 radical (unpaired) electrons. The van der Waals surface area contributed by atoms with Crippen LogP contribution in [0.15, 0.2) is 108 Å². The van der Waals surface area contributed by atoms with Gasteiger partial charge in [-0.2, -0.15) is 13.2 Å². The van der Waals surface area contributed by atoms with E-state index in [0.29, 0.717) is 32.2 Å². The van der Waals surface area contributed by atoms with Crippen LogP contribution >= 0.6 is 7.14 Å². The van der Waals surface area contributed by atoms with Crippen molar-refractivity contribution in [1.82, 2.24) is 0 Å². The Hall–Kier alpha value is -3.41. The van der Waals surface area contributed by atoms with Crippen LogP contribution in [0, 0.1) is 0 Å². The van der Waals surface area contributed by atoms with E-state index in [4.69, 9.17) is 0 Å². The first-order valence-electron chi connectivity index (χ1n) is 11.0. The molecule has 0 amide bonds. The van der Waals surface area contributed by atoms with Gasteiger partial charge in [0.05, 0.1) is 4.90 Å². The van der Waals surface area contributed by atoms with Gasteiger partial charge in [-0.1, -0.05) is 91.0 Å². The molecule has 0 saturated heterocycles. The van der Waals surface area contributed by atoms with Crippen molar-refractivity contribution in [3.63, 3.8) is 0 Å². The molecule has 0 saturated carbocycles. The Balaban J connectivity index is 2.02. The lowest BCUT2D eigenvalue weighted by Gasteiger charge is -2.23. The summed E-state index contributed by atoms with van der Waals surface area (Å²) < 4.78 is 81.8. The normalized spacial score (nSPS) is 14.1. The van der Waals surface area contributed by atoms with Crippen LogP contribution < -0.4 is 10.6 Å². The molecule has 5 aromatic rings. The third-order valence-electron chi connectivity index (χ3n) is 6.35. The van der Waals surface area contributed by atoms with Gasteiger partial charge in [-0.3, -0.25) is 0 Å². The van der Waals surface area contributed by atoms with E-state index in [9.17, 15) is 26.2 Å². The van der Waals surface area contributed by atoms with Crippen LogP contribution in [0.4, 0.5) is 13.2 Å². The van der Waals surface area contributed by atoms with E-state index in [1.54, 1.807) is 97.7 Å². The van der Waals surface area contributed by atoms with Gasteiger partial charge in [0.25, 0.3) is 9.84 Å². The Morgan fingerprint density at radius 2 is 1.14 bits per heavy atom. The van der Waals surface area contributed by atoms with Crippen molar-refractivity contribution in [2.75, 3.05) is 6.66 Å². The van der Waals surface area contributed by atoms with E-state index < -0.39 is 27.4 Å². The standard InChI is InChI=1S/C28H20F3O3PS/c1-35(32,21-11-3-2-4-12-21)24-17-15-19-9-5-7-13-22(19)26(24)27-23-14-8-6-10-20(23)16-18-25(27)36(33,34)28(29,30)31/h2-18H,1H3. The summed E-state index contributed by atoms with van der Waals surface area (Å²) in [7, 11) is -9.10. The van der Waals surface area contributed by atoms with Crippen molar-refractivity contribution >= 4 is 49.1 Å². The average molecular weight is 525 g/mol. The molecule has 0 fully saturated rings. The largest absolute Gasteiger partial charge is 0.501 e. The van der Waals surface area contributed by atoms with Crippen LogP contribution in [0.3, 0.4) is 0 Å². The third kappa shape index (κ3) is 3.83. The Labute approximate surface area is 206 Å². The highest BCUT2D eigenvalue weighted by Crippen LogP contribution is 2.48. The summed E-state index contributed by atoms with van der Waals surface area (Å²) in [5.41, 5.74) is -5.39. The van der Waals surface area contributed by atoms with Gasteiger partial charge in [-0.25, -0.2) is 8.42 Å². The molecule has 8 heteroatoms. The maximum Gasteiger partial charge on any atom is 0.501 e. The molecule has 36 heavy (non-hydrogen) atoms. The molecule has 0 heterocycles. The second-order valence-corrected chi connectivity index (χ2v) is 13.3. The van der Waals surface area contributed by atoms with Gasteiger partial charge < -0.3 is 4.57 Å². The molecule has 0 aliphatic rings. The minimum atomic E-state index is -5.73. The number of fused-ring (bicyclic) bond motifs is 2. The van der Waals surface area contributed by atoms with Crippen LogP contribution in [-0.4, -0.2) is 20.6 Å². The highest BCUT2D eigenvalue weighted by Gasteiger charge is 2.48. The molecular formula is C28H20F3O3PS. The summed E-state index contributed by atoms with van der Waals surface area (Å²) >= 11 is 0. The minimum Gasteiger partial charge on any atom is -0.314 e. The van der Waals surface area contributed by atoms with Crippen LogP contribution in [0.1, 0.15) is 0 Å². The van der Waals surface area contributed by atoms with Gasteiger partial charge in [0.15, 0.2) is 0 Å². The van der Waals surface area contributed by atoms with Gasteiger partial charge in [-0.05, 0) is 40.3 Å². The molecule has 0 N–H and O–H groups in total. The molecule has 5 aromatic carbocycles. The fourth-order valence-electron chi connectivity index (χ4n) is 4.59. The minimum absolute atomic E-state index is 0.102. The molecule has 0 aliphatic carbocycles. The van der Waals surface area contributed by atoms with Crippen LogP contribution in [0.5, 0.6) is 0 Å². The molecule has 1 atom stereocenters. The number of benzene rings is 5. The summed E-state index contributed by atoms with van der Waals surface area (Å²) in [6.45, 7) is 1.55. The van der Waals surface area contributed by atoms with E-state index >= 15 is 0 Å². The number of alkyl halides is 3. The summed E-state index contributed by atoms with van der Waals surface area (Å²) in [4.78, 5) is -0.862. The summed E-state index contributed by atoms with van der Waals surface area (Å²) in [6, 6.07) is 28.1. The number of hydrogen-bond acceptors (Lipinski definition) is 3. The van der Waals surface area contributed by atoms with Gasteiger partial charge in [-0.15, -0.1) is 0 Å². The molecule has 1 unspecified atom stereocenters. The lowest BCUT2D eigenvalue weighted by atomic mass is 9.94. The first-order valence-corrected chi connectivity index (χ1v) is 14.7. The summed E-state index contributed by atoms with van der Waals surface area (Å²) in [6.07, 6.45) is 0. The second kappa shape index (κ2) is 8.61. The predicted octanol–water partition coefficient (Wildman–Crippen LogP) is 6.90. The lowest BCUT2D eigenvalue weighted by molar-refractivity contribution is -0.0435. The predicted molar refractivity (Wildman–Crippen MR) is 139 cm³/mol. The van der Waals surface area contributed by atoms with Gasteiger partial charge >= 0.3 is 5.51 Å². The molecular weight excluding hydrogens is 504 g/mol. The Morgan fingerprint density at radius 3 is 1.72 bits per heavy atom. The molecule has 5 rings (SSSR count). The fourth-order valence-corrected chi connectivity index (χ4v) is 7.60. The molecule has 3 nitrogen and oxygen atoms in total. The summed E-state index contributed by atoms with van der Waals surface area (Å²) in [5, 5.41) is 2.91. The van der Waals surface area contributed by atoms with E-state index in [0.717, 1.165) is 6.07 Å². The first kappa shape index (κ1) is 24.3. The Kier molecular flexibility index (Phi) is 5.81. The molecule has 0 spiro atoms. The van der Waals surface area contributed by atoms with Crippen molar-refractivity contribution in [3.8, 4) is 11.1 Å². The maximum atomic E-state index is 14.4. The van der Waals surface area contributed by atoms with Crippen molar-refractivity contribution in [2.24, 2.45) is 0 Å². The number of sulfone groups is 1. The SMILES string of the molecule is CP(=O)(c1ccccc1)c1ccc2ccccc2c1-c1c(S(=O)(=O)C(F)(F)F)ccc2ccccc12. The highest BCUT2D eigenvalue weighted by molar-refractivity contribution is 7.92. The smallest absolute Gasteiger partial charge is 0.314 e. The molecule has 0 aliphatic heterocycles. The maximum absolute atomic E-state index is 14.4. The average Bonchev–Trinajstić information content (AvgIpc) is 2.87. The van der Waals surface area contributed by atoms with E-state index in [1.807, 2.05) is 0 Å². The van der Waals surface area contributed by atoms with Crippen LogP contribution in [0.2, 0.25) is 0 Å². The van der Waals surface area contributed by atoms with Gasteiger partial charge in [0, 0.05) is 21.7 Å². The zero-order valence-electron chi connectivity index (χ0n) is 19.0. The Bertz CT molecular complexity index is 1780. The van der Waals surface area contributed by atoms with Crippen LogP contribution in [0.25, 0.3) is 32.7 Å². The van der Waals surface area contributed by atoms with Crippen LogP contribution in [-0.2, 0) is 14.4 Å². The highest BCUT2D eigenvalue weighted by atomic mass is 32.2. The summed E-state index contributed by atoms with van der Waals surface area (Å²) in [5.74, 6) is 0. The quantitative estimate of drug-likeness (QED) is 0.241. The molecule has 182 valence electrons. The fraction of sp³-hybridized carbons (Fsp3) is 0.0714. The molecule has 0 aromatic heterocycles. The van der Waals surface area contributed by atoms with E-state index in [2.05, 4.69) is 0 Å². The first-order chi connectivity index (χ1) is 17.0. The van der Waals surface area contributed by atoms with Crippen molar-refractivity contribution in [1.29, 1.82) is 0 Å². The zero-order chi connectivity index (χ0) is 25.7. The monoisotopic (exact) mass is 524 g/mol. The van der Waals surface area contributed by atoms with E-state index in [1.165, 1.54) is 6.07 Å². The molecule has 0 bridgehead atoms. The van der Waals surface area contributed by atoms with Crippen molar-refractivity contribution in [2.45, 2.75) is 10.4 Å². The Morgan fingerprint density at radius 1 is 0.639 bits per heavy atom. The number of halogens is 3. The van der Waals surface area contributed by atoms with Crippen molar-refractivity contribution < 1.29 is 26.2 Å². The van der Waals surface area contributed by atoms with Gasteiger partial charge in [0.2, 0.25) is 0 Å². The third-order valence-corrected chi connectivity index (χ3v) is 10.5. The zero-order valence-corrected chi connectivity index (χ0v) is 20.7. The van der Waals surface area contributed by atoms with Gasteiger partial charge in [0.1, 0.15) is 7.14 Å². The second-order valence-electron chi connectivity index (χ2n) is 8.55. The van der Waals surface area contributed by atoms with E-state index in [-0.39, 0.29) is 11.1 Å². The topological polar surface area (TPSA) is 51.2 Å².